The second-order valence-electron chi connectivity index (χ2n) is 6.14. The summed E-state index contributed by atoms with van der Waals surface area (Å²) in [5, 5.41) is 19.4. The smallest absolute Gasteiger partial charge is 0.414 e. The minimum absolute atomic E-state index is 0.313. The maximum Gasteiger partial charge on any atom is 0.414 e. The molecule has 122 valence electrons. The monoisotopic (exact) mass is 327 g/mol. The molecule has 1 aliphatic heterocycles. The standard InChI is InChI=1S/C16H14FN5O2/c17-14-6-11(1-2-13(14)16(9-18)3-4-16)22-8-12(24-15(22)23)5-10-7-19-21-20-10/h1-2,6-7,12H,3-5,8H2,(H,19,20,21)/t12-/m1/s1. The third-order valence-corrected chi connectivity index (χ3v) is 4.52. The molecule has 1 aliphatic carbocycles. The predicted molar refractivity (Wildman–Crippen MR) is 80.6 cm³/mol. The molecular formula is C16H14FN5O2. The van der Waals surface area contributed by atoms with Crippen molar-refractivity contribution in [1.82, 2.24) is 15.4 Å². The van der Waals surface area contributed by atoms with Crippen LogP contribution in [0.4, 0.5) is 14.9 Å². The van der Waals surface area contributed by atoms with Gasteiger partial charge in [-0.15, -0.1) is 0 Å². The van der Waals surface area contributed by atoms with Crippen molar-refractivity contribution < 1.29 is 13.9 Å². The van der Waals surface area contributed by atoms with Crippen LogP contribution < -0.4 is 4.90 Å². The van der Waals surface area contributed by atoms with Crippen molar-refractivity contribution in [2.45, 2.75) is 30.8 Å². The zero-order valence-electron chi connectivity index (χ0n) is 12.7. The van der Waals surface area contributed by atoms with E-state index in [9.17, 15) is 14.4 Å². The van der Waals surface area contributed by atoms with Crippen molar-refractivity contribution in [3.63, 3.8) is 0 Å². The molecule has 1 aromatic heterocycles. The van der Waals surface area contributed by atoms with Crippen LogP contribution in [0.25, 0.3) is 0 Å². The summed E-state index contributed by atoms with van der Waals surface area (Å²) < 4.78 is 19.7. The van der Waals surface area contributed by atoms with Crippen LogP contribution in [0.1, 0.15) is 24.1 Å². The summed E-state index contributed by atoms with van der Waals surface area (Å²) in [7, 11) is 0. The number of cyclic esters (lactones) is 1. The molecule has 1 amide bonds. The van der Waals surface area contributed by atoms with Gasteiger partial charge in [-0.2, -0.15) is 20.7 Å². The number of aromatic nitrogens is 3. The Morgan fingerprint density at radius 3 is 2.96 bits per heavy atom. The number of aromatic amines is 1. The van der Waals surface area contributed by atoms with E-state index in [0.29, 0.717) is 42.8 Å². The number of anilines is 1. The van der Waals surface area contributed by atoms with Crippen LogP contribution >= 0.6 is 0 Å². The fourth-order valence-electron chi connectivity index (χ4n) is 3.02. The Labute approximate surface area is 137 Å². The van der Waals surface area contributed by atoms with Crippen LogP contribution in [0.15, 0.2) is 24.4 Å². The van der Waals surface area contributed by atoms with Crippen LogP contribution in [-0.4, -0.2) is 34.2 Å². The van der Waals surface area contributed by atoms with Crippen molar-refractivity contribution >= 4 is 11.8 Å². The first-order chi connectivity index (χ1) is 11.6. The maximum absolute atomic E-state index is 14.4. The highest BCUT2D eigenvalue weighted by molar-refractivity contribution is 5.89. The highest BCUT2D eigenvalue weighted by atomic mass is 19.1. The third kappa shape index (κ3) is 2.38. The van der Waals surface area contributed by atoms with Crippen LogP contribution in [0.2, 0.25) is 0 Å². The SMILES string of the molecule is N#CC1(c2ccc(N3C[C@@H](Cc4cn[nH]n4)OC3=O)cc2F)CC1. The van der Waals surface area contributed by atoms with E-state index in [1.165, 1.54) is 11.0 Å². The summed E-state index contributed by atoms with van der Waals surface area (Å²) in [6.07, 6.45) is 2.48. The van der Waals surface area contributed by atoms with Gasteiger partial charge in [0, 0.05) is 12.0 Å². The molecule has 0 bridgehead atoms. The van der Waals surface area contributed by atoms with Crippen molar-refractivity contribution in [3.05, 3.63) is 41.5 Å². The van der Waals surface area contributed by atoms with Gasteiger partial charge in [0.1, 0.15) is 11.9 Å². The molecule has 1 saturated heterocycles. The second-order valence-corrected chi connectivity index (χ2v) is 6.14. The number of carbonyl (C=O) groups is 1. The van der Waals surface area contributed by atoms with E-state index in [-0.39, 0.29) is 6.10 Å². The van der Waals surface area contributed by atoms with Gasteiger partial charge in [0.15, 0.2) is 0 Å². The van der Waals surface area contributed by atoms with Gasteiger partial charge in [-0.1, -0.05) is 6.07 Å². The van der Waals surface area contributed by atoms with E-state index in [1.807, 2.05) is 0 Å². The number of halogens is 1. The molecule has 2 aromatic rings. The van der Waals surface area contributed by atoms with Crippen molar-refractivity contribution in [2.75, 3.05) is 11.4 Å². The Morgan fingerprint density at radius 1 is 1.50 bits per heavy atom. The van der Waals surface area contributed by atoms with Gasteiger partial charge in [-0.05, 0) is 25.0 Å². The minimum atomic E-state index is -0.691. The molecule has 2 heterocycles. The highest BCUT2D eigenvalue weighted by Crippen LogP contribution is 2.48. The lowest BCUT2D eigenvalue weighted by Crippen LogP contribution is -2.25. The molecular weight excluding hydrogens is 313 g/mol. The van der Waals surface area contributed by atoms with Gasteiger partial charge >= 0.3 is 6.09 Å². The van der Waals surface area contributed by atoms with E-state index in [2.05, 4.69) is 21.5 Å². The number of nitrogens with zero attached hydrogens (tertiary/aromatic N) is 4. The molecule has 4 rings (SSSR count). The average Bonchev–Trinajstić information content (AvgIpc) is 3.02. The summed E-state index contributed by atoms with van der Waals surface area (Å²) in [5.74, 6) is -0.459. The Balaban J connectivity index is 1.53. The third-order valence-electron chi connectivity index (χ3n) is 4.52. The number of hydrogen-bond donors (Lipinski definition) is 1. The van der Waals surface area contributed by atoms with Gasteiger partial charge in [0.05, 0.1) is 35.6 Å². The number of ether oxygens (including phenoxy) is 1. The normalized spacial score (nSPS) is 21.4. The molecule has 2 fully saturated rings. The predicted octanol–water partition coefficient (Wildman–Crippen LogP) is 2.07. The Morgan fingerprint density at radius 2 is 2.33 bits per heavy atom. The first kappa shape index (κ1) is 14.6. The molecule has 1 atom stereocenters. The fraction of sp³-hybridized carbons (Fsp3) is 0.375. The second kappa shape index (κ2) is 5.30. The summed E-state index contributed by atoms with van der Waals surface area (Å²) in [4.78, 5) is 13.5. The number of carbonyl (C=O) groups excluding carboxylic acids is 1. The average molecular weight is 327 g/mol. The lowest BCUT2D eigenvalue weighted by Gasteiger charge is -2.15. The molecule has 2 aliphatic rings. The minimum Gasteiger partial charge on any atom is -0.444 e. The largest absolute Gasteiger partial charge is 0.444 e. The Hall–Kier alpha value is -2.95. The number of nitriles is 1. The summed E-state index contributed by atoms with van der Waals surface area (Å²) in [5.41, 5.74) is 0.836. The number of hydrogen-bond acceptors (Lipinski definition) is 5. The summed E-state index contributed by atoms with van der Waals surface area (Å²) in [6.45, 7) is 0.313. The number of amides is 1. The molecule has 7 nitrogen and oxygen atoms in total. The van der Waals surface area contributed by atoms with Crippen LogP contribution in [0, 0.1) is 17.1 Å². The van der Waals surface area contributed by atoms with Gasteiger partial charge < -0.3 is 4.74 Å². The lowest BCUT2D eigenvalue weighted by molar-refractivity contribution is 0.141. The number of rotatable bonds is 4. The Bertz CT molecular complexity index is 825. The van der Waals surface area contributed by atoms with E-state index < -0.39 is 17.3 Å². The van der Waals surface area contributed by atoms with Crippen LogP contribution in [0.3, 0.4) is 0 Å². The topological polar surface area (TPSA) is 94.9 Å². The van der Waals surface area contributed by atoms with Crippen LogP contribution in [-0.2, 0) is 16.6 Å². The molecule has 1 saturated carbocycles. The quantitative estimate of drug-likeness (QED) is 0.927. The van der Waals surface area contributed by atoms with Gasteiger partial charge in [-0.25, -0.2) is 9.18 Å². The highest BCUT2D eigenvalue weighted by Gasteiger charge is 2.47. The molecule has 0 unspecified atom stereocenters. The maximum atomic E-state index is 14.4. The first-order valence-electron chi connectivity index (χ1n) is 7.65. The molecule has 0 spiro atoms. The van der Waals surface area contributed by atoms with Crippen LogP contribution in [0.5, 0.6) is 0 Å². The Kier molecular flexibility index (Phi) is 3.23. The molecule has 0 radical (unpaired) electrons. The zero-order chi connectivity index (χ0) is 16.7. The molecule has 24 heavy (non-hydrogen) atoms. The van der Waals surface area contributed by atoms with E-state index in [1.54, 1.807) is 18.3 Å². The van der Waals surface area contributed by atoms with Crippen molar-refractivity contribution in [2.24, 2.45) is 0 Å². The van der Waals surface area contributed by atoms with Gasteiger partial charge in [-0.3, -0.25) is 4.90 Å². The molecule has 8 heteroatoms. The summed E-state index contributed by atoms with van der Waals surface area (Å²) in [6, 6.07) is 6.73. The van der Waals surface area contributed by atoms with Gasteiger partial charge in [0.25, 0.3) is 0 Å². The number of nitrogens with one attached hydrogen (secondary N) is 1. The number of H-pyrrole nitrogens is 1. The first-order valence-corrected chi connectivity index (χ1v) is 7.65. The van der Waals surface area contributed by atoms with Crippen molar-refractivity contribution in [3.8, 4) is 6.07 Å². The lowest BCUT2D eigenvalue weighted by atomic mass is 9.96. The molecule has 1 aromatic carbocycles. The van der Waals surface area contributed by atoms with Crippen molar-refractivity contribution in [1.29, 1.82) is 5.26 Å². The van der Waals surface area contributed by atoms with Gasteiger partial charge in [0.2, 0.25) is 0 Å². The summed E-state index contributed by atoms with van der Waals surface area (Å²) >= 11 is 0. The number of benzene rings is 1. The van der Waals surface area contributed by atoms with E-state index in [4.69, 9.17) is 4.74 Å². The molecule has 1 N–H and O–H groups in total. The van der Waals surface area contributed by atoms with E-state index >= 15 is 0 Å². The fourth-order valence-corrected chi connectivity index (χ4v) is 3.02. The zero-order valence-corrected chi connectivity index (χ0v) is 12.7. The van der Waals surface area contributed by atoms with E-state index in [0.717, 1.165) is 0 Å².